The van der Waals surface area contributed by atoms with Gasteiger partial charge in [-0.2, -0.15) is 0 Å². The van der Waals surface area contributed by atoms with Crippen LogP contribution in [0.1, 0.15) is 30.0 Å². The van der Waals surface area contributed by atoms with Crippen molar-refractivity contribution in [1.82, 2.24) is 10.2 Å². The molecule has 0 fully saturated rings. The summed E-state index contributed by atoms with van der Waals surface area (Å²) in [5.41, 5.74) is 0. The largest absolute Gasteiger partial charge is 0.383 e. The third kappa shape index (κ3) is 7.38. The monoisotopic (exact) mass is 314 g/mol. The summed E-state index contributed by atoms with van der Waals surface area (Å²) in [5.74, 6) is 0. The average molecular weight is 314 g/mol. The summed E-state index contributed by atoms with van der Waals surface area (Å²) in [4.78, 5) is 5.23. The molecule has 0 aliphatic heterocycles. The molecule has 122 valence electrons. The highest BCUT2D eigenvalue weighted by Crippen LogP contribution is 2.19. The van der Waals surface area contributed by atoms with E-state index < -0.39 is 0 Å². The highest BCUT2D eigenvalue weighted by atomic mass is 32.1. The SMILES string of the molecule is CCCNCc1ccc(CN(CCOC)C(C)COC)s1. The molecule has 0 bridgehead atoms. The van der Waals surface area contributed by atoms with Crippen molar-refractivity contribution in [2.24, 2.45) is 0 Å². The topological polar surface area (TPSA) is 33.7 Å². The summed E-state index contributed by atoms with van der Waals surface area (Å²) in [7, 11) is 3.51. The smallest absolute Gasteiger partial charge is 0.0615 e. The van der Waals surface area contributed by atoms with E-state index in [1.165, 1.54) is 16.2 Å². The van der Waals surface area contributed by atoms with Gasteiger partial charge in [-0.1, -0.05) is 6.92 Å². The molecule has 1 N–H and O–H groups in total. The normalized spacial score (nSPS) is 13.0. The molecule has 0 saturated heterocycles. The van der Waals surface area contributed by atoms with Crippen LogP contribution < -0.4 is 5.32 Å². The molecule has 1 heterocycles. The molecule has 1 aromatic rings. The molecule has 1 unspecified atom stereocenters. The summed E-state index contributed by atoms with van der Waals surface area (Å²) in [6.07, 6.45) is 1.18. The van der Waals surface area contributed by atoms with Crippen LogP contribution in [-0.2, 0) is 22.6 Å². The van der Waals surface area contributed by atoms with Crippen LogP contribution in [0.5, 0.6) is 0 Å². The minimum Gasteiger partial charge on any atom is -0.383 e. The standard InChI is InChI=1S/C16H30N2O2S/c1-5-8-17-11-15-6-7-16(21-15)12-18(9-10-19-3)14(2)13-20-4/h6-7,14,17H,5,8-13H2,1-4H3. The summed E-state index contributed by atoms with van der Waals surface area (Å²) < 4.78 is 10.5. The highest BCUT2D eigenvalue weighted by Gasteiger charge is 2.15. The lowest BCUT2D eigenvalue weighted by Crippen LogP contribution is -2.37. The van der Waals surface area contributed by atoms with Crippen molar-refractivity contribution >= 4 is 11.3 Å². The third-order valence-corrected chi connectivity index (χ3v) is 4.49. The molecular formula is C16H30N2O2S. The summed E-state index contributed by atoms with van der Waals surface area (Å²) in [6.45, 7) is 9.86. The second-order valence-electron chi connectivity index (χ2n) is 5.31. The third-order valence-electron chi connectivity index (χ3n) is 3.42. The van der Waals surface area contributed by atoms with E-state index in [-0.39, 0.29) is 0 Å². The molecule has 0 saturated carbocycles. The molecule has 0 radical (unpaired) electrons. The van der Waals surface area contributed by atoms with E-state index >= 15 is 0 Å². The van der Waals surface area contributed by atoms with Gasteiger partial charge in [0.25, 0.3) is 0 Å². The molecule has 0 spiro atoms. The number of thiophene rings is 1. The molecular weight excluding hydrogens is 284 g/mol. The van der Waals surface area contributed by atoms with Crippen LogP contribution in [-0.4, -0.2) is 51.5 Å². The Balaban J connectivity index is 2.52. The first kappa shape index (κ1) is 18.6. The fraction of sp³-hybridized carbons (Fsp3) is 0.750. The molecule has 1 rings (SSSR count). The Kier molecular flexibility index (Phi) is 9.87. The van der Waals surface area contributed by atoms with Gasteiger partial charge in [0.15, 0.2) is 0 Å². The summed E-state index contributed by atoms with van der Waals surface area (Å²) in [6, 6.07) is 4.87. The number of methoxy groups -OCH3 is 2. The quantitative estimate of drug-likeness (QED) is 0.602. The Hall–Kier alpha value is -0.460. The van der Waals surface area contributed by atoms with E-state index in [1.54, 1.807) is 14.2 Å². The van der Waals surface area contributed by atoms with Crippen LogP contribution >= 0.6 is 11.3 Å². The number of ether oxygens (including phenoxy) is 2. The predicted octanol–water partition coefficient (Wildman–Crippen LogP) is 2.73. The van der Waals surface area contributed by atoms with E-state index in [4.69, 9.17) is 9.47 Å². The second kappa shape index (κ2) is 11.2. The lowest BCUT2D eigenvalue weighted by molar-refractivity contribution is 0.0711. The van der Waals surface area contributed by atoms with Crippen molar-refractivity contribution in [3.05, 3.63) is 21.9 Å². The van der Waals surface area contributed by atoms with Crippen LogP contribution in [0.15, 0.2) is 12.1 Å². The molecule has 21 heavy (non-hydrogen) atoms. The molecule has 1 atom stereocenters. The Morgan fingerprint density at radius 2 is 2.00 bits per heavy atom. The summed E-state index contributed by atoms with van der Waals surface area (Å²) >= 11 is 1.89. The van der Waals surface area contributed by atoms with Crippen molar-refractivity contribution in [1.29, 1.82) is 0 Å². The number of nitrogens with zero attached hydrogens (tertiary/aromatic N) is 1. The fourth-order valence-electron chi connectivity index (χ4n) is 2.20. The van der Waals surface area contributed by atoms with Gasteiger partial charge in [0.1, 0.15) is 0 Å². The van der Waals surface area contributed by atoms with Crippen LogP contribution in [0.3, 0.4) is 0 Å². The van der Waals surface area contributed by atoms with Gasteiger partial charge in [0.05, 0.1) is 13.2 Å². The first-order valence-corrected chi connectivity index (χ1v) is 8.53. The van der Waals surface area contributed by atoms with E-state index in [0.717, 1.165) is 39.4 Å². The van der Waals surface area contributed by atoms with Crippen molar-refractivity contribution in [3.63, 3.8) is 0 Å². The van der Waals surface area contributed by atoms with Gasteiger partial charge in [-0.05, 0) is 32.0 Å². The van der Waals surface area contributed by atoms with Crippen molar-refractivity contribution in [2.75, 3.05) is 40.5 Å². The maximum absolute atomic E-state index is 5.28. The molecule has 0 amide bonds. The van der Waals surface area contributed by atoms with Crippen LogP contribution in [0.2, 0.25) is 0 Å². The zero-order valence-electron chi connectivity index (χ0n) is 13.9. The van der Waals surface area contributed by atoms with Gasteiger partial charge in [0.2, 0.25) is 0 Å². The van der Waals surface area contributed by atoms with Gasteiger partial charge in [-0.25, -0.2) is 0 Å². The van der Waals surface area contributed by atoms with Crippen molar-refractivity contribution < 1.29 is 9.47 Å². The lowest BCUT2D eigenvalue weighted by atomic mass is 10.2. The van der Waals surface area contributed by atoms with Gasteiger partial charge >= 0.3 is 0 Å². The molecule has 0 aromatic carbocycles. The number of hydrogen-bond acceptors (Lipinski definition) is 5. The van der Waals surface area contributed by atoms with Gasteiger partial charge < -0.3 is 14.8 Å². The Morgan fingerprint density at radius 1 is 1.24 bits per heavy atom. The number of rotatable bonds is 12. The second-order valence-corrected chi connectivity index (χ2v) is 6.57. The van der Waals surface area contributed by atoms with Gasteiger partial charge in [0, 0.05) is 49.6 Å². The van der Waals surface area contributed by atoms with Gasteiger partial charge in [-0.3, -0.25) is 4.90 Å². The lowest BCUT2D eigenvalue weighted by Gasteiger charge is -2.27. The Bertz CT molecular complexity index is 371. The van der Waals surface area contributed by atoms with E-state index in [9.17, 15) is 0 Å². The minimum atomic E-state index is 0.397. The van der Waals surface area contributed by atoms with E-state index in [2.05, 4.69) is 36.2 Å². The fourth-order valence-corrected chi connectivity index (χ4v) is 3.21. The molecule has 0 aliphatic carbocycles. The van der Waals surface area contributed by atoms with Crippen molar-refractivity contribution in [2.45, 2.75) is 39.4 Å². The highest BCUT2D eigenvalue weighted by molar-refractivity contribution is 7.11. The first-order chi connectivity index (χ1) is 10.2. The molecule has 5 heteroatoms. The van der Waals surface area contributed by atoms with E-state index in [0.29, 0.717) is 6.04 Å². The zero-order valence-corrected chi connectivity index (χ0v) is 14.7. The van der Waals surface area contributed by atoms with E-state index in [1.807, 2.05) is 11.3 Å². The maximum atomic E-state index is 5.28. The molecule has 4 nitrogen and oxygen atoms in total. The van der Waals surface area contributed by atoms with Gasteiger partial charge in [-0.15, -0.1) is 11.3 Å². The zero-order chi connectivity index (χ0) is 15.5. The summed E-state index contributed by atoms with van der Waals surface area (Å²) in [5, 5.41) is 3.45. The number of nitrogens with one attached hydrogen (secondary N) is 1. The van der Waals surface area contributed by atoms with Crippen LogP contribution in [0, 0.1) is 0 Å². The first-order valence-electron chi connectivity index (χ1n) is 7.71. The average Bonchev–Trinajstić information content (AvgIpc) is 2.91. The Morgan fingerprint density at radius 3 is 2.67 bits per heavy atom. The van der Waals surface area contributed by atoms with Crippen molar-refractivity contribution in [3.8, 4) is 0 Å². The minimum absolute atomic E-state index is 0.397. The number of hydrogen-bond donors (Lipinski definition) is 1. The maximum Gasteiger partial charge on any atom is 0.0615 e. The Labute approximate surface area is 133 Å². The predicted molar refractivity (Wildman–Crippen MR) is 89.9 cm³/mol. The molecule has 0 aliphatic rings. The van der Waals surface area contributed by atoms with Crippen LogP contribution in [0.4, 0.5) is 0 Å². The van der Waals surface area contributed by atoms with Crippen LogP contribution in [0.25, 0.3) is 0 Å². The molecule has 1 aromatic heterocycles.